The lowest BCUT2D eigenvalue weighted by molar-refractivity contribution is -0.00521. The molecule has 0 amide bonds. The molecule has 13 heteroatoms. The molecule has 0 radical (unpaired) electrons. The van der Waals surface area contributed by atoms with Crippen LogP contribution in [0.15, 0.2) is 72.8 Å². The van der Waals surface area contributed by atoms with Crippen LogP contribution in [0.1, 0.15) is 25.0 Å². The van der Waals surface area contributed by atoms with Gasteiger partial charge in [-0.1, -0.05) is 30.3 Å². The van der Waals surface area contributed by atoms with Crippen LogP contribution >= 0.6 is 0 Å². The van der Waals surface area contributed by atoms with E-state index in [2.05, 4.69) is 60.5 Å². The molecule has 228 valence electrons. The third-order valence-corrected chi connectivity index (χ3v) is 7.12. The van der Waals surface area contributed by atoms with Crippen molar-refractivity contribution in [3.63, 3.8) is 0 Å². The third-order valence-electron chi connectivity index (χ3n) is 7.12. The van der Waals surface area contributed by atoms with Gasteiger partial charge in [-0.15, -0.1) is 5.10 Å². The topological polar surface area (TPSA) is 162 Å². The standard InChI is InChI=1S/C31H30N6O2.H2O4S/c1-20-18-36(19-21(2)39-20)24-11-14-28-26(15-24)29(33-17-22-7-5-4-6-8-22)27(16-32)31-34-30(35-37(28)31)23-9-12-25(38-3)13-10-23;1-5(2,3)4/h4-15,20-21,33H,17-19H2,1-3H3;(H2,1,2,3,4). The molecule has 0 aliphatic carbocycles. The first-order valence-corrected chi connectivity index (χ1v) is 15.2. The van der Waals surface area contributed by atoms with Gasteiger partial charge in [-0.3, -0.25) is 9.11 Å². The molecule has 0 spiro atoms. The van der Waals surface area contributed by atoms with E-state index >= 15 is 0 Å². The van der Waals surface area contributed by atoms with Gasteiger partial charge in [-0.2, -0.15) is 13.7 Å². The molecule has 1 saturated heterocycles. The van der Waals surface area contributed by atoms with E-state index in [1.807, 2.05) is 42.5 Å². The normalized spacial score (nSPS) is 16.7. The minimum atomic E-state index is -4.67. The number of nitrogens with one attached hydrogen (secondary N) is 1. The summed E-state index contributed by atoms with van der Waals surface area (Å²) in [5, 5.41) is 19.7. The van der Waals surface area contributed by atoms with Crippen molar-refractivity contribution in [2.24, 2.45) is 0 Å². The summed E-state index contributed by atoms with van der Waals surface area (Å²) in [6.45, 7) is 6.39. The first kappa shape index (κ1) is 30.7. The molecule has 0 bridgehead atoms. The average molecular weight is 617 g/mol. The molecule has 3 heterocycles. The van der Waals surface area contributed by atoms with Crippen LogP contribution in [0.2, 0.25) is 0 Å². The number of pyridine rings is 1. The van der Waals surface area contributed by atoms with Crippen LogP contribution in [0.5, 0.6) is 5.75 Å². The lowest BCUT2D eigenvalue weighted by atomic mass is 10.1. The Morgan fingerprint density at radius 2 is 1.70 bits per heavy atom. The van der Waals surface area contributed by atoms with E-state index in [-0.39, 0.29) is 12.2 Å². The highest BCUT2D eigenvalue weighted by atomic mass is 32.3. The maximum atomic E-state index is 10.4. The minimum Gasteiger partial charge on any atom is -0.497 e. The largest absolute Gasteiger partial charge is 0.497 e. The second-order valence-electron chi connectivity index (χ2n) is 10.4. The molecule has 2 unspecified atom stereocenters. The maximum Gasteiger partial charge on any atom is 0.394 e. The fraction of sp³-hybridized carbons (Fsp3) is 0.258. The Labute approximate surface area is 255 Å². The maximum absolute atomic E-state index is 10.4. The number of benzene rings is 3. The van der Waals surface area contributed by atoms with Gasteiger partial charge >= 0.3 is 10.4 Å². The monoisotopic (exact) mass is 616 g/mol. The molecule has 12 nitrogen and oxygen atoms in total. The predicted molar refractivity (Wildman–Crippen MR) is 167 cm³/mol. The number of aromatic nitrogens is 3. The van der Waals surface area contributed by atoms with Gasteiger partial charge in [0.2, 0.25) is 0 Å². The molecule has 2 atom stereocenters. The number of methoxy groups -OCH3 is 1. The number of hydrogen-bond acceptors (Lipinski definition) is 9. The Morgan fingerprint density at radius 3 is 2.32 bits per heavy atom. The molecule has 1 fully saturated rings. The number of hydrogen-bond donors (Lipinski definition) is 3. The van der Waals surface area contributed by atoms with Gasteiger partial charge in [0, 0.05) is 36.3 Å². The zero-order valence-electron chi connectivity index (χ0n) is 24.4. The lowest BCUT2D eigenvalue weighted by Crippen LogP contribution is -2.45. The summed E-state index contributed by atoms with van der Waals surface area (Å²) < 4.78 is 44.6. The lowest BCUT2D eigenvalue weighted by Gasteiger charge is -2.37. The summed E-state index contributed by atoms with van der Waals surface area (Å²) in [6, 6.07) is 26.6. The first-order chi connectivity index (χ1) is 21.0. The molecular weight excluding hydrogens is 584 g/mol. The summed E-state index contributed by atoms with van der Waals surface area (Å²) in [7, 11) is -3.03. The highest BCUT2D eigenvalue weighted by Gasteiger charge is 2.24. The molecule has 5 aromatic rings. The Morgan fingerprint density at radius 1 is 1.05 bits per heavy atom. The van der Waals surface area contributed by atoms with E-state index < -0.39 is 10.4 Å². The Hall–Kier alpha value is -4.74. The van der Waals surface area contributed by atoms with E-state index in [1.54, 1.807) is 11.6 Å². The highest BCUT2D eigenvalue weighted by molar-refractivity contribution is 7.79. The van der Waals surface area contributed by atoms with Crippen LogP contribution in [-0.2, 0) is 21.7 Å². The number of fused-ring (bicyclic) bond motifs is 3. The Kier molecular flexibility index (Phi) is 8.98. The SMILES string of the molecule is COc1ccc(-c2nc3c(C#N)c(NCc4ccccc4)c4cc(N5CC(C)OC(C)C5)ccc4n3n2)cc1.O=S(=O)(O)O. The number of anilines is 2. The fourth-order valence-corrected chi connectivity index (χ4v) is 5.32. The zero-order chi connectivity index (χ0) is 31.4. The van der Waals surface area contributed by atoms with Crippen molar-refractivity contribution in [2.75, 3.05) is 30.4 Å². The van der Waals surface area contributed by atoms with Crippen molar-refractivity contribution in [3.05, 3.63) is 83.9 Å². The molecule has 0 saturated carbocycles. The second kappa shape index (κ2) is 12.9. The first-order valence-electron chi connectivity index (χ1n) is 13.8. The van der Waals surface area contributed by atoms with Crippen LogP contribution in [0.4, 0.5) is 11.4 Å². The van der Waals surface area contributed by atoms with Crippen molar-refractivity contribution in [2.45, 2.75) is 32.6 Å². The van der Waals surface area contributed by atoms with E-state index in [9.17, 15) is 5.26 Å². The molecule has 3 N–H and O–H groups in total. The predicted octanol–water partition coefficient (Wildman–Crippen LogP) is 5.00. The van der Waals surface area contributed by atoms with Gasteiger partial charge in [-0.05, 0) is 61.9 Å². The molecule has 44 heavy (non-hydrogen) atoms. The number of morpholine rings is 1. The smallest absolute Gasteiger partial charge is 0.394 e. The third kappa shape index (κ3) is 7.07. The Balaban J connectivity index is 0.000000712. The van der Waals surface area contributed by atoms with Crippen molar-refractivity contribution in [3.8, 4) is 23.2 Å². The number of rotatable bonds is 6. The molecule has 2 aromatic heterocycles. The van der Waals surface area contributed by atoms with Gasteiger partial charge in [0.15, 0.2) is 11.5 Å². The van der Waals surface area contributed by atoms with E-state index in [1.165, 1.54) is 0 Å². The summed E-state index contributed by atoms with van der Waals surface area (Å²) in [6.07, 6.45) is 0.277. The molecular formula is C31H32N6O6S. The number of nitrogens with zero attached hydrogens (tertiary/aromatic N) is 5. The average Bonchev–Trinajstić information content (AvgIpc) is 3.44. The van der Waals surface area contributed by atoms with Gasteiger partial charge in [0.1, 0.15) is 17.4 Å². The summed E-state index contributed by atoms with van der Waals surface area (Å²) in [5.41, 5.74) is 5.69. The summed E-state index contributed by atoms with van der Waals surface area (Å²) in [4.78, 5) is 7.18. The van der Waals surface area contributed by atoms with Crippen LogP contribution < -0.4 is 15.0 Å². The zero-order valence-corrected chi connectivity index (χ0v) is 25.2. The molecule has 6 rings (SSSR count). The van der Waals surface area contributed by atoms with Crippen LogP contribution in [0.25, 0.3) is 27.9 Å². The van der Waals surface area contributed by atoms with Crippen LogP contribution in [-0.4, -0.2) is 64.5 Å². The van der Waals surface area contributed by atoms with Crippen molar-refractivity contribution in [1.82, 2.24) is 14.6 Å². The van der Waals surface area contributed by atoms with Crippen LogP contribution in [0, 0.1) is 11.3 Å². The minimum absolute atomic E-state index is 0.139. The van der Waals surface area contributed by atoms with E-state index in [0.29, 0.717) is 23.6 Å². The van der Waals surface area contributed by atoms with Crippen molar-refractivity contribution >= 4 is 38.3 Å². The van der Waals surface area contributed by atoms with Gasteiger partial charge < -0.3 is 19.7 Å². The molecule has 1 aliphatic rings. The van der Waals surface area contributed by atoms with Crippen molar-refractivity contribution < 1.29 is 27.0 Å². The van der Waals surface area contributed by atoms with E-state index in [0.717, 1.165) is 52.2 Å². The van der Waals surface area contributed by atoms with Gasteiger partial charge in [-0.25, -0.2) is 9.50 Å². The fourth-order valence-electron chi connectivity index (χ4n) is 5.32. The number of nitriles is 1. The van der Waals surface area contributed by atoms with Gasteiger partial charge in [0.05, 0.1) is 30.5 Å². The van der Waals surface area contributed by atoms with Crippen molar-refractivity contribution in [1.29, 1.82) is 5.26 Å². The summed E-state index contributed by atoms with van der Waals surface area (Å²) in [5.74, 6) is 1.31. The quantitative estimate of drug-likeness (QED) is 0.220. The molecule has 3 aromatic carbocycles. The van der Waals surface area contributed by atoms with Gasteiger partial charge in [0.25, 0.3) is 0 Å². The Bertz CT molecular complexity index is 1910. The summed E-state index contributed by atoms with van der Waals surface area (Å²) >= 11 is 0. The number of ether oxygens (including phenoxy) is 2. The van der Waals surface area contributed by atoms with Crippen LogP contribution in [0.3, 0.4) is 0 Å². The second-order valence-corrected chi connectivity index (χ2v) is 11.3. The highest BCUT2D eigenvalue weighted by Crippen LogP contribution is 2.35. The molecule has 1 aliphatic heterocycles. The van der Waals surface area contributed by atoms with E-state index in [4.69, 9.17) is 37.1 Å².